The number of nitrogens with zero attached hydrogens (tertiary/aromatic N) is 3. The number of likely N-dealkylation sites (N-methyl/N-ethyl adjacent to an activating group) is 1. The molecule has 0 unspecified atom stereocenters. The minimum absolute atomic E-state index is 0.0937. The summed E-state index contributed by atoms with van der Waals surface area (Å²) in [6, 6.07) is 37.1. The number of carbonyl (C=O) groups excluding carboxylic acids is 5. The van der Waals surface area contributed by atoms with Gasteiger partial charge in [-0.3, -0.25) is 14.5 Å². The van der Waals surface area contributed by atoms with Crippen molar-refractivity contribution in [3.05, 3.63) is 149 Å². The summed E-state index contributed by atoms with van der Waals surface area (Å²) in [6.45, 7) is 4.97. The van der Waals surface area contributed by atoms with E-state index in [1.807, 2.05) is 80.7 Å². The monoisotopic (exact) mass is 871 g/mol. The highest BCUT2D eigenvalue weighted by Gasteiger charge is 2.31. The highest BCUT2D eigenvalue weighted by atomic mass is 16.6. The zero-order chi connectivity index (χ0) is 45.0. The standard InChI is InChI=1S/C51H49N7O7/c1-3-32-28-35(20-21-44(32)55-49(61)58-23-22-41-40-14-8-9-15-42(40)46(29-45(41)58)65-51(63)57-26-24-56(2)25-27-57)54-48(60)33-16-18-34(19-17-33)53-47(59)30-52-50(62)64-31-43-38-12-6-4-10-36(38)37-11-5-7-13-39(37)43/h4-21,28-29,43H,3,22-27,30-31H2,1-2H3,(H,52,62)(H,53,59)(H,54,60)(H,55,61). The Labute approximate surface area is 376 Å². The fourth-order valence-electron chi connectivity index (χ4n) is 8.86. The van der Waals surface area contributed by atoms with Gasteiger partial charge >= 0.3 is 18.2 Å². The first kappa shape index (κ1) is 42.6. The van der Waals surface area contributed by atoms with Gasteiger partial charge in [0.15, 0.2) is 0 Å². The highest BCUT2D eigenvalue weighted by molar-refractivity contribution is 6.08. The number of alkyl carbamates (subject to hydrolysis) is 1. The molecule has 6 aromatic rings. The Bertz CT molecular complexity index is 2780. The van der Waals surface area contributed by atoms with Crippen LogP contribution in [-0.4, -0.2) is 92.8 Å². The van der Waals surface area contributed by atoms with Crippen molar-refractivity contribution in [1.29, 1.82) is 0 Å². The van der Waals surface area contributed by atoms with Crippen molar-refractivity contribution in [2.45, 2.75) is 25.7 Å². The number of amides is 6. The molecule has 2 aliphatic heterocycles. The molecule has 9 rings (SSSR count). The molecule has 3 aliphatic rings. The summed E-state index contributed by atoms with van der Waals surface area (Å²) in [6.07, 6.45) is 0.128. The van der Waals surface area contributed by atoms with Crippen LogP contribution in [0.25, 0.3) is 21.9 Å². The van der Waals surface area contributed by atoms with Gasteiger partial charge < -0.3 is 40.5 Å². The van der Waals surface area contributed by atoms with Gasteiger partial charge in [-0.1, -0.05) is 79.7 Å². The summed E-state index contributed by atoms with van der Waals surface area (Å²) in [5, 5.41) is 13.0. The van der Waals surface area contributed by atoms with E-state index in [9.17, 15) is 24.0 Å². The molecule has 0 aromatic heterocycles. The second kappa shape index (κ2) is 18.6. The molecule has 1 aliphatic carbocycles. The number of benzene rings is 6. The Balaban J connectivity index is 0.775. The minimum atomic E-state index is -0.696. The number of aryl methyl sites for hydroxylation is 1. The van der Waals surface area contributed by atoms with Crippen LogP contribution in [-0.2, 0) is 22.4 Å². The van der Waals surface area contributed by atoms with Crippen LogP contribution < -0.4 is 30.9 Å². The quantitative estimate of drug-likeness (QED) is 0.107. The van der Waals surface area contributed by atoms with E-state index >= 15 is 0 Å². The van der Waals surface area contributed by atoms with Crippen molar-refractivity contribution in [3.8, 4) is 16.9 Å². The molecule has 0 spiro atoms. The number of piperazine rings is 1. The first-order valence-corrected chi connectivity index (χ1v) is 21.8. The molecule has 0 bridgehead atoms. The van der Waals surface area contributed by atoms with Gasteiger partial charge in [0.1, 0.15) is 18.9 Å². The van der Waals surface area contributed by atoms with E-state index in [0.717, 1.165) is 57.2 Å². The molecule has 14 nitrogen and oxygen atoms in total. The summed E-state index contributed by atoms with van der Waals surface area (Å²) < 4.78 is 11.5. The van der Waals surface area contributed by atoms with E-state index in [1.165, 1.54) is 0 Å². The van der Waals surface area contributed by atoms with Gasteiger partial charge in [-0.15, -0.1) is 0 Å². The van der Waals surface area contributed by atoms with Crippen molar-refractivity contribution in [3.63, 3.8) is 0 Å². The molecule has 0 saturated carbocycles. The molecule has 1 saturated heterocycles. The molecule has 1 fully saturated rings. The van der Waals surface area contributed by atoms with E-state index < -0.39 is 18.1 Å². The lowest BCUT2D eigenvalue weighted by molar-refractivity contribution is -0.115. The van der Waals surface area contributed by atoms with E-state index in [1.54, 1.807) is 52.3 Å². The fraction of sp³-hybridized carbons (Fsp3) is 0.235. The van der Waals surface area contributed by atoms with Crippen molar-refractivity contribution >= 4 is 63.6 Å². The summed E-state index contributed by atoms with van der Waals surface area (Å²) >= 11 is 0. The second-order valence-corrected chi connectivity index (χ2v) is 16.4. The zero-order valence-electron chi connectivity index (χ0n) is 36.2. The average molecular weight is 872 g/mol. The lowest BCUT2D eigenvalue weighted by Crippen LogP contribution is -2.48. The summed E-state index contributed by atoms with van der Waals surface area (Å²) in [7, 11) is 2.03. The van der Waals surface area contributed by atoms with E-state index in [0.29, 0.717) is 66.5 Å². The minimum Gasteiger partial charge on any atom is -0.449 e. The van der Waals surface area contributed by atoms with Gasteiger partial charge in [0.05, 0.1) is 5.69 Å². The molecule has 2 heterocycles. The zero-order valence-corrected chi connectivity index (χ0v) is 36.2. The van der Waals surface area contributed by atoms with Gasteiger partial charge in [0.25, 0.3) is 5.91 Å². The van der Waals surface area contributed by atoms with Gasteiger partial charge in [-0.05, 0) is 101 Å². The first-order valence-electron chi connectivity index (χ1n) is 21.8. The molecule has 4 N–H and O–H groups in total. The third-order valence-electron chi connectivity index (χ3n) is 12.3. The molecule has 6 amide bonds. The largest absolute Gasteiger partial charge is 0.449 e. The Morgan fingerprint density at radius 1 is 0.692 bits per heavy atom. The summed E-state index contributed by atoms with van der Waals surface area (Å²) in [4.78, 5) is 71.3. The molecule has 0 radical (unpaired) electrons. The third-order valence-corrected chi connectivity index (χ3v) is 12.3. The molecule has 6 aromatic carbocycles. The van der Waals surface area contributed by atoms with Crippen LogP contribution in [0.15, 0.2) is 121 Å². The normalized spacial score (nSPS) is 14.2. The van der Waals surface area contributed by atoms with E-state index in [2.05, 4.69) is 38.3 Å². The molecule has 65 heavy (non-hydrogen) atoms. The Kier molecular flexibility index (Phi) is 12.2. The van der Waals surface area contributed by atoms with Crippen molar-refractivity contribution in [2.75, 3.05) is 73.8 Å². The Morgan fingerprint density at radius 3 is 2.06 bits per heavy atom. The van der Waals surface area contributed by atoms with Crippen LogP contribution in [0.2, 0.25) is 0 Å². The van der Waals surface area contributed by atoms with Crippen molar-refractivity contribution < 1.29 is 33.4 Å². The number of carbonyl (C=O) groups is 5. The van der Waals surface area contributed by atoms with Crippen LogP contribution in [0.3, 0.4) is 0 Å². The predicted molar refractivity (Wildman–Crippen MR) is 251 cm³/mol. The third kappa shape index (κ3) is 9.06. The van der Waals surface area contributed by atoms with E-state index in [4.69, 9.17) is 9.47 Å². The maximum absolute atomic E-state index is 13.9. The van der Waals surface area contributed by atoms with Crippen LogP contribution in [0.5, 0.6) is 5.75 Å². The number of hydrogen-bond donors (Lipinski definition) is 4. The maximum Gasteiger partial charge on any atom is 0.415 e. The van der Waals surface area contributed by atoms with Crippen LogP contribution in [0.4, 0.5) is 37.1 Å². The fourth-order valence-corrected chi connectivity index (χ4v) is 8.86. The van der Waals surface area contributed by atoms with Crippen molar-refractivity contribution in [2.24, 2.45) is 0 Å². The number of anilines is 4. The summed E-state index contributed by atoms with van der Waals surface area (Å²) in [5.74, 6) is -0.491. The Morgan fingerprint density at radius 2 is 1.35 bits per heavy atom. The van der Waals surface area contributed by atoms with Crippen LogP contribution in [0, 0.1) is 0 Å². The number of nitrogens with one attached hydrogen (secondary N) is 4. The van der Waals surface area contributed by atoms with Gasteiger partial charge in [-0.25, -0.2) is 14.4 Å². The predicted octanol–water partition coefficient (Wildman–Crippen LogP) is 8.47. The summed E-state index contributed by atoms with van der Waals surface area (Å²) in [5.41, 5.74) is 8.95. The molecule has 14 heteroatoms. The number of fused-ring (bicyclic) bond motifs is 6. The lowest BCUT2D eigenvalue weighted by atomic mass is 9.98. The van der Waals surface area contributed by atoms with Crippen LogP contribution in [0.1, 0.15) is 45.5 Å². The van der Waals surface area contributed by atoms with E-state index in [-0.39, 0.29) is 31.0 Å². The molecule has 330 valence electrons. The number of urea groups is 1. The smallest absolute Gasteiger partial charge is 0.415 e. The Hall–Kier alpha value is -7.71. The van der Waals surface area contributed by atoms with Crippen LogP contribution >= 0.6 is 0 Å². The second-order valence-electron chi connectivity index (χ2n) is 16.4. The molecule has 0 atom stereocenters. The molecular formula is C51H49N7O7. The van der Waals surface area contributed by atoms with Gasteiger partial charge in [0.2, 0.25) is 5.91 Å². The van der Waals surface area contributed by atoms with Gasteiger partial charge in [-0.2, -0.15) is 0 Å². The molecular weight excluding hydrogens is 823 g/mol. The highest BCUT2D eigenvalue weighted by Crippen LogP contribution is 2.45. The maximum atomic E-state index is 13.9. The lowest BCUT2D eigenvalue weighted by Gasteiger charge is -2.31. The number of ether oxygens (including phenoxy) is 2. The topological polar surface area (TPSA) is 162 Å². The SMILES string of the molecule is CCc1cc(NC(=O)c2ccc(NC(=O)CNC(=O)OCC3c4ccccc4-c4ccccc43)cc2)ccc1NC(=O)N1CCc2c1cc(OC(=O)N1CCN(C)CC1)c1ccccc21. The van der Waals surface area contributed by atoms with Gasteiger partial charge in [0, 0.05) is 72.7 Å². The first-order chi connectivity index (χ1) is 31.6. The van der Waals surface area contributed by atoms with Crippen molar-refractivity contribution in [1.82, 2.24) is 15.1 Å². The average Bonchev–Trinajstić information content (AvgIpc) is 3.90. The number of rotatable bonds is 10. The number of hydrogen-bond acceptors (Lipinski definition) is 8.